The summed E-state index contributed by atoms with van der Waals surface area (Å²) in [4.78, 5) is 14.5. The van der Waals surface area contributed by atoms with Crippen molar-refractivity contribution in [3.63, 3.8) is 0 Å². The van der Waals surface area contributed by atoms with E-state index in [9.17, 15) is 18.0 Å². The van der Waals surface area contributed by atoms with Crippen molar-refractivity contribution >= 4 is 11.6 Å². The zero-order valence-corrected chi connectivity index (χ0v) is 17.2. The third-order valence-electron chi connectivity index (χ3n) is 5.32. The van der Waals surface area contributed by atoms with E-state index in [0.717, 1.165) is 30.8 Å². The summed E-state index contributed by atoms with van der Waals surface area (Å²) in [5, 5.41) is 2.82. The molecule has 0 radical (unpaired) electrons. The number of amides is 1. The minimum atomic E-state index is -4.45. The van der Waals surface area contributed by atoms with E-state index < -0.39 is 17.6 Å². The molecule has 1 amide bonds. The molecule has 162 valence electrons. The number of rotatable bonds is 6. The highest BCUT2D eigenvalue weighted by molar-refractivity contribution is 5.78. The van der Waals surface area contributed by atoms with Crippen molar-refractivity contribution in [2.24, 2.45) is 5.92 Å². The highest BCUT2D eigenvalue weighted by atomic mass is 19.4. The fourth-order valence-electron chi connectivity index (χ4n) is 3.68. The van der Waals surface area contributed by atoms with Gasteiger partial charge in [0.2, 0.25) is 0 Å². The van der Waals surface area contributed by atoms with Gasteiger partial charge in [-0.3, -0.25) is 4.79 Å². The van der Waals surface area contributed by atoms with Crippen LogP contribution in [0, 0.1) is 5.92 Å². The molecule has 2 aromatic carbocycles. The Labute approximate surface area is 175 Å². The molecule has 1 fully saturated rings. The largest absolute Gasteiger partial charge is 0.484 e. The summed E-state index contributed by atoms with van der Waals surface area (Å²) in [5.74, 6) is 0.301. The van der Waals surface area contributed by atoms with Crippen LogP contribution in [0.3, 0.4) is 0 Å². The Morgan fingerprint density at radius 3 is 2.63 bits per heavy atom. The van der Waals surface area contributed by atoms with Gasteiger partial charge < -0.3 is 15.0 Å². The minimum absolute atomic E-state index is 0.00717. The molecule has 0 aromatic heterocycles. The molecular formula is C23H27F3N2O2. The quantitative estimate of drug-likeness (QED) is 0.699. The Hall–Kier alpha value is -2.70. The number of piperidine rings is 1. The molecule has 30 heavy (non-hydrogen) atoms. The van der Waals surface area contributed by atoms with Crippen molar-refractivity contribution in [1.82, 2.24) is 5.32 Å². The summed E-state index contributed by atoms with van der Waals surface area (Å²) >= 11 is 0. The molecule has 0 unspecified atom stereocenters. The molecule has 1 saturated heterocycles. The van der Waals surface area contributed by atoms with Crippen molar-refractivity contribution in [2.45, 2.75) is 38.9 Å². The number of hydrogen-bond donors (Lipinski definition) is 1. The summed E-state index contributed by atoms with van der Waals surface area (Å²) < 4.78 is 43.5. The first-order valence-electron chi connectivity index (χ1n) is 10.2. The Morgan fingerprint density at radius 1 is 1.23 bits per heavy atom. The number of halogens is 3. The van der Waals surface area contributed by atoms with Crippen LogP contribution in [-0.4, -0.2) is 25.6 Å². The van der Waals surface area contributed by atoms with Crippen LogP contribution in [-0.2, 0) is 11.0 Å². The van der Waals surface area contributed by atoms with E-state index in [1.54, 1.807) is 0 Å². The Balaban J connectivity index is 1.52. The topological polar surface area (TPSA) is 41.6 Å². The number of carbonyl (C=O) groups is 1. The van der Waals surface area contributed by atoms with Crippen molar-refractivity contribution in [3.05, 3.63) is 59.7 Å². The van der Waals surface area contributed by atoms with Gasteiger partial charge >= 0.3 is 6.18 Å². The van der Waals surface area contributed by atoms with Crippen molar-refractivity contribution < 1.29 is 22.7 Å². The second-order valence-electron chi connectivity index (χ2n) is 7.89. The first-order chi connectivity index (χ1) is 14.2. The van der Waals surface area contributed by atoms with Crippen LogP contribution < -0.4 is 15.0 Å². The van der Waals surface area contributed by atoms with Crippen molar-refractivity contribution in [2.75, 3.05) is 24.6 Å². The number of nitrogens with zero attached hydrogens (tertiary/aromatic N) is 1. The fraction of sp³-hybridized carbons (Fsp3) is 0.435. The van der Waals surface area contributed by atoms with Gasteiger partial charge in [0.15, 0.2) is 6.61 Å². The first kappa shape index (κ1) is 22.0. The average Bonchev–Trinajstić information content (AvgIpc) is 2.72. The van der Waals surface area contributed by atoms with Gasteiger partial charge in [0.05, 0.1) is 11.6 Å². The Bertz CT molecular complexity index is 852. The fourth-order valence-corrected chi connectivity index (χ4v) is 3.68. The second-order valence-corrected chi connectivity index (χ2v) is 7.89. The average molecular weight is 420 g/mol. The lowest BCUT2D eigenvalue weighted by atomic mass is 9.99. The molecule has 1 heterocycles. The maximum Gasteiger partial charge on any atom is 0.416 e. The van der Waals surface area contributed by atoms with Crippen LogP contribution in [0.1, 0.15) is 43.9 Å². The van der Waals surface area contributed by atoms with Crippen LogP contribution in [0.4, 0.5) is 18.9 Å². The third kappa shape index (κ3) is 5.90. The molecule has 4 nitrogen and oxygen atoms in total. The molecular weight excluding hydrogens is 393 g/mol. The number of benzene rings is 2. The second kappa shape index (κ2) is 9.41. The minimum Gasteiger partial charge on any atom is -0.484 e. The van der Waals surface area contributed by atoms with Gasteiger partial charge in [0.25, 0.3) is 5.91 Å². The van der Waals surface area contributed by atoms with E-state index in [4.69, 9.17) is 4.74 Å². The molecule has 2 atom stereocenters. The molecule has 0 aliphatic carbocycles. The first-order valence-corrected chi connectivity index (χ1v) is 10.2. The van der Waals surface area contributed by atoms with E-state index >= 15 is 0 Å². The number of ether oxygens (including phenoxy) is 1. The van der Waals surface area contributed by atoms with Gasteiger partial charge in [-0.15, -0.1) is 0 Å². The zero-order valence-electron chi connectivity index (χ0n) is 17.2. The van der Waals surface area contributed by atoms with E-state index in [1.807, 2.05) is 19.1 Å². The molecule has 1 aliphatic heterocycles. The summed E-state index contributed by atoms with van der Waals surface area (Å²) in [5.41, 5.74) is 1.32. The van der Waals surface area contributed by atoms with Crippen LogP contribution in [0.2, 0.25) is 0 Å². The monoisotopic (exact) mass is 420 g/mol. The molecule has 7 heteroatoms. The number of nitrogens with one attached hydrogen (secondary N) is 1. The van der Waals surface area contributed by atoms with E-state index in [0.29, 0.717) is 5.92 Å². The molecule has 0 bridgehead atoms. The van der Waals surface area contributed by atoms with Gasteiger partial charge in [-0.05, 0) is 61.6 Å². The van der Waals surface area contributed by atoms with Crippen molar-refractivity contribution in [3.8, 4) is 5.75 Å². The standard InChI is InChI=1S/C23H27F3N2O2/c1-16-5-4-12-28(14-16)20-10-8-18(9-11-20)17(2)27-22(29)15-30-21-7-3-6-19(13-21)23(24,25)26/h3,6-11,13,16-17H,4-5,12,14-15H2,1-2H3,(H,27,29)/t16-,17-/m1/s1. The summed E-state index contributed by atoms with van der Waals surface area (Å²) in [7, 11) is 0. The molecule has 1 N–H and O–H groups in total. The van der Waals surface area contributed by atoms with Gasteiger partial charge in [0.1, 0.15) is 5.75 Å². The molecule has 0 saturated carbocycles. The molecule has 1 aliphatic rings. The number of hydrogen-bond acceptors (Lipinski definition) is 3. The highest BCUT2D eigenvalue weighted by Crippen LogP contribution is 2.31. The van der Waals surface area contributed by atoms with Crippen LogP contribution in [0.5, 0.6) is 5.75 Å². The number of anilines is 1. The smallest absolute Gasteiger partial charge is 0.416 e. The van der Waals surface area contributed by atoms with Gasteiger partial charge in [-0.2, -0.15) is 13.2 Å². The zero-order chi connectivity index (χ0) is 21.7. The van der Waals surface area contributed by atoms with Crippen LogP contribution in [0.15, 0.2) is 48.5 Å². The van der Waals surface area contributed by atoms with Crippen LogP contribution >= 0.6 is 0 Å². The predicted octanol–water partition coefficient (Wildman–Crippen LogP) is 5.20. The lowest BCUT2D eigenvalue weighted by molar-refractivity contribution is -0.137. The Kier molecular flexibility index (Phi) is 6.90. The van der Waals surface area contributed by atoms with Gasteiger partial charge in [-0.25, -0.2) is 0 Å². The summed E-state index contributed by atoms with van der Waals surface area (Å²) in [6, 6.07) is 12.4. The third-order valence-corrected chi connectivity index (χ3v) is 5.32. The molecule has 0 spiro atoms. The Morgan fingerprint density at radius 2 is 1.97 bits per heavy atom. The summed E-state index contributed by atoms with van der Waals surface area (Å²) in [6.07, 6.45) is -1.99. The maximum atomic E-state index is 12.8. The normalized spacial score (nSPS) is 18.0. The SMILES string of the molecule is C[C@@H]1CCCN(c2ccc([C@@H](C)NC(=O)COc3cccc(C(F)(F)F)c3)cc2)C1. The number of alkyl halides is 3. The lowest BCUT2D eigenvalue weighted by Crippen LogP contribution is -2.34. The van der Waals surface area contributed by atoms with E-state index in [1.165, 1.54) is 30.7 Å². The predicted molar refractivity (Wildman–Crippen MR) is 111 cm³/mol. The highest BCUT2D eigenvalue weighted by Gasteiger charge is 2.30. The van der Waals surface area contributed by atoms with E-state index in [2.05, 4.69) is 29.3 Å². The van der Waals surface area contributed by atoms with Crippen LogP contribution in [0.25, 0.3) is 0 Å². The van der Waals surface area contributed by atoms with Crippen molar-refractivity contribution in [1.29, 1.82) is 0 Å². The van der Waals surface area contributed by atoms with E-state index in [-0.39, 0.29) is 18.4 Å². The van der Waals surface area contributed by atoms with Gasteiger partial charge in [0, 0.05) is 18.8 Å². The maximum absolute atomic E-state index is 12.8. The lowest BCUT2D eigenvalue weighted by Gasteiger charge is -2.33. The molecule has 2 aromatic rings. The molecule has 3 rings (SSSR count). The van der Waals surface area contributed by atoms with Gasteiger partial charge in [-0.1, -0.05) is 25.1 Å². The summed E-state index contributed by atoms with van der Waals surface area (Å²) in [6.45, 7) is 5.89. The number of carbonyl (C=O) groups excluding carboxylic acids is 1.